The first-order chi connectivity index (χ1) is 35.1. The smallest absolute Gasteiger partial charge is 0.407 e. The highest BCUT2D eigenvalue weighted by atomic mass is 16.6. The van der Waals surface area contributed by atoms with E-state index in [-0.39, 0.29) is 84.9 Å². The van der Waals surface area contributed by atoms with Crippen molar-refractivity contribution >= 4 is 47.7 Å². The first-order valence-corrected chi connectivity index (χ1v) is 23.9. The second-order valence-electron chi connectivity index (χ2n) is 17.5. The summed E-state index contributed by atoms with van der Waals surface area (Å²) in [7, 11) is 0. The Balaban J connectivity index is 1.43. The number of nitrogens with one attached hydrogen (secondary N) is 4. The minimum atomic E-state index is -1.47. The summed E-state index contributed by atoms with van der Waals surface area (Å²) in [4.78, 5) is 106. The number of hydrogen-bond donors (Lipinski definition) is 4. The van der Waals surface area contributed by atoms with E-state index in [1.807, 2.05) is 12.1 Å². The number of ether oxygens (including phenoxy) is 7. The van der Waals surface area contributed by atoms with Crippen LogP contribution in [0.1, 0.15) is 81.5 Å². The Hall–Kier alpha value is -7.64. The summed E-state index contributed by atoms with van der Waals surface area (Å²) in [6.07, 6.45) is -2.38. The maximum Gasteiger partial charge on any atom is 0.407 e. The summed E-state index contributed by atoms with van der Waals surface area (Å²) in [6.45, 7) is 4.68. The fourth-order valence-electron chi connectivity index (χ4n) is 6.54. The van der Waals surface area contributed by atoms with Gasteiger partial charge in [-0.25, -0.2) is 14.4 Å². The fourth-order valence-corrected chi connectivity index (χ4v) is 6.54. The average molecular weight is 1010 g/mol. The van der Waals surface area contributed by atoms with E-state index in [0.29, 0.717) is 11.1 Å². The fraction of sp³-hybridized carbons (Fsp3) is 0.407. The molecular formula is C54H66N4O15. The molecule has 4 N–H and O–H groups in total. The van der Waals surface area contributed by atoms with Crippen molar-refractivity contribution in [3.05, 3.63) is 144 Å². The summed E-state index contributed by atoms with van der Waals surface area (Å²) in [5.74, 6) is -5.38. The van der Waals surface area contributed by atoms with Crippen LogP contribution in [-0.2, 0) is 93.1 Å². The van der Waals surface area contributed by atoms with E-state index in [1.54, 1.807) is 130 Å². The van der Waals surface area contributed by atoms with Gasteiger partial charge in [0.2, 0.25) is 17.7 Å². The molecule has 73 heavy (non-hydrogen) atoms. The first kappa shape index (κ1) is 57.9. The highest BCUT2D eigenvalue weighted by Crippen LogP contribution is 2.13. The molecule has 0 aliphatic rings. The Labute approximate surface area is 425 Å². The Morgan fingerprint density at radius 2 is 0.849 bits per heavy atom. The molecule has 0 bridgehead atoms. The lowest BCUT2D eigenvalue weighted by atomic mass is 10.1. The molecule has 0 saturated carbocycles. The highest BCUT2D eigenvalue weighted by molar-refractivity contribution is 5.92. The summed E-state index contributed by atoms with van der Waals surface area (Å²) in [5.41, 5.74) is 2.18. The van der Waals surface area contributed by atoms with Crippen LogP contribution in [0.3, 0.4) is 0 Å². The molecule has 4 aromatic carbocycles. The zero-order valence-corrected chi connectivity index (χ0v) is 41.5. The van der Waals surface area contributed by atoms with Gasteiger partial charge in [-0.3, -0.25) is 24.0 Å². The second-order valence-corrected chi connectivity index (χ2v) is 17.5. The van der Waals surface area contributed by atoms with Gasteiger partial charge in [0.15, 0.2) is 0 Å². The molecule has 0 fully saturated rings. The van der Waals surface area contributed by atoms with Crippen molar-refractivity contribution in [2.45, 2.75) is 109 Å². The van der Waals surface area contributed by atoms with E-state index in [0.717, 1.165) is 11.1 Å². The van der Waals surface area contributed by atoms with Crippen LogP contribution in [0, 0.1) is 0 Å². The molecule has 0 aliphatic heterocycles. The van der Waals surface area contributed by atoms with Crippen molar-refractivity contribution in [3.8, 4) is 0 Å². The van der Waals surface area contributed by atoms with Gasteiger partial charge >= 0.3 is 30.0 Å². The van der Waals surface area contributed by atoms with E-state index in [1.165, 1.54) is 0 Å². The van der Waals surface area contributed by atoms with Gasteiger partial charge in [0, 0.05) is 25.8 Å². The highest BCUT2D eigenvalue weighted by Gasteiger charge is 2.30. The predicted octanol–water partition coefficient (Wildman–Crippen LogP) is 5.31. The summed E-state index contributed by atoms with van der Waals surface area (Å²) >= 11 is 0. The van der Waals surface area contributed by atoms with Gasteiger partial charge in [0.05, 0.1) is 19.8 Å². The zero-order valence-electron chi connectivity index (χ0n) is 41.5. The maximum absolute atomic E-state index is 14.1. The van der Waals surface area contributed by atoms with E-state index < -0.39 is 84.4 Å². The molecule has 392 valence electrons. The van der Waals surface area contributed by atoms with Crippen molar-refractivity contribution in [1.29, 1.82) is 0 Å². The van der Waals surface area contributed by atoms with Crippen molar-refractivity contribution in [2.24, 2.45) is 0 Å². The molecule has 19 heteroatoms. The van der Waals surface area contributed by atoms with Gasteiger partial charge in [-0.2, -0.15) is 0 Å². The molecule has 19 nitrogen and oxygen atoms in total. The molecule has 0 aliphatic carbocycles. The van der Waals surface area contributed by atoms with Crippen LogP contribution in [0.2, 0.25) is 0 Å². The molecule has 4 aromatic rings. The third kappa shape index (κ3) is 25.4. The van der Waals surface area contributed by atoms with Gasteiger partial charge < -0.3 is 54.4 Å². The van der Waals surface area contributed by atoms with E-state index >= 15 is 0 Å². The van der Waals surface area contributed by atoms with Crippen LogP contribution in [0.25, 0.3) is 0 Å². The Morgan fingerprint density at radius 3 is 1.30 bits per heavy atom. The van der Waals surface area contributed by atoms with Gasteiger partial charge in [-0.1, -0.05) is 121 Å². The summed E-state index contributed by atoms with van der Waals surface area (Å²) in [5, 5.41) is 10.3. The van der Waals surface area contributed by atoms with Gasteiger partial charge in [-0.15, -0.1) is 0 Å². The number of alkyl carbamates (subject to hydrolysis) is 1. The lowest BCUT2D eigenvalue weighted by molar-refractivity contribution is -0.151. The van der Waals surface area contributed by atoms with Gasteiger partial charge in [0.1, 0.15) is 56.8 Å². The molecular weight excluding hydrogens is 945 g/mol. The average Bonchev–Trinajstić information content (AvgIpc) is 3.38. The minimum Gasteiger partial charge on any atom is -0.461 e. The number of carbonyl (C=O) groups excluding carboxylic acids is 8. The lowest BCUT2D eigenvalue weighted by Crippen LogP contribution is -2.53. The topological polar surface area (TPSA) is 249 Å². The Kier molecular flexibility index (Phi) is 25.7. The number of esters is 4. The van der Waals surface area contributed by atoms with Crippen LogP contribution in [0.5, 0.6) is 0 Å². The normalized spacial score (nSPS) is 12.2. The molecule has 3 atom stereocenters. The SMILES string of the molecule is CC(C)(C)OC(=O)NCCOCCOCC(=O)NC(CCC(=O)NC(CCC(=O)OCc1ccccc1)C(=O)OCc1ccccc1)C(=O)NC(CCC(=O)OCc1ccccc1)C(=O)OCc1ccccc1. The number of benzene rings is 4. The van der Waals surface area contributed by atoms with Crippen molar-refractivity contribution < 1.29 is 71.5 Å². The van der Waals surface area contributed by atoms with E-state index in [4.69, 9.17) is 33.2 Å². The predicted molar refractivity (Wildman–Crippen MR) is 264 cm³/mol. The Bertz CT molecular complexity index is 2330. The number of rotatable bonds is 31. The molecule has 0 radical (unpaired) electrons. The quantitative estimate of drug-likeness (QED) is 0.0283. The van der Waals surface area contributed by atoms with Crippen molar-refractivity contribution in [3.63, 3.8) is 0 Å². The minimum absolute atomic E-state index is 0.00217. The Morgan fingerprint density at radius 1 is 0.452 bits per heavy atom. The number of carbonyl (C=O) groups is 8. The molecule has 0 saturated heterocycles. The third-order valence-electron chi connectivity index (χ3n) is 10.3. The molecule has 4 amide bonds. The lowest BCUT2D eigenvalue weighted by Gasteiger charge is -2.23. The van der Waals surface area contributed by atoms with Crippen LogP contribution in [0.15, 0.2) is 121 Å². The van der Waals surface area contributed by atoms with Crippen LogP contribution >= 0.6 is 0 Å². The second kappa shape index (κ2) is 32.4. The van der Waals surface area contributed by atoms with Gasteiger partial charge in [-0.05, 0) is 62.3 Å². The molecule has 3 unspecified atom stereocenters. The van der Waals surface area contributed by atoms with Crippen LogP contribution in [-0.4, -0.2) is 104 Å². The van der Waals surface area contributed by atoms with E-state index in [9.17, 15) is 38.4 Å². The number of amides is 4. The molecule has 0 heterocycles. The summed E-state index contributed by atoms with van der Waals surface area (Å²) in [6, 6.07) is 31.4. The van der Waals surface area contributed by atoms with Crippen molar-refractivity contribution in [1.82, 2.24) is 21.3 Å². The monoisotopic (exact) mass is 1010 g/mol. The molecule has 4 rings (SSSR count). The van der Waals surface area contributed by atoms with Crippen LogP contribution in [0.4, 0.5) is 4.79 Å². The summed E-state index contributed by atoms with van der Waals surface area (Å²) < 4.78 is 37.9. The maximum atomic E-state index is 14.1. The van der Waals surface area contributed by atoms with E-state index in [2.05, 4.69) is 21.3 Å². The molecule has 0 aromatic heterocycles. The third-order valence-corrected chi connectivity index (χ3v) is 10.3. The standard InChI is InChI=1S/C54H66N4O15/c1-54(2,3)73-53(66)55-30-31-67-32-33-68-38-47(60)56-43(50(63)58-45(52(65)72-37-42-22-14-7-15-23-42)26-29-49(62)70-35-40-18-10-5-11-19-40)24-27-46(59)57-44(51(64)71-36-41-20-12-6-13-21-41)25-28-48(61)69-34-39-16-8-4-9-17-39/h4-23,43-45H,24-38H2,1-3H3,(H,55,66)(H,56,60)(H,57,59)(H,58,63). The molecule has 0 spiro atoms. The largest absolute Gasteiger partial charge is 0.461 e. The zero-order chi connectivity index (χ0) is 52.7. The number of hydrogen-bond acceptors (Lipinski definition) is 15. The van der Waals surface area contributed by atoms with Gasteiger partial charge in [0.25, 0.3) is 0 Å². The first-order valence-electron chi connectivity index (χ1n) is 23.9. The van der Waals surface area contributed by atoms with Crippen LogP contribution < -0.4 is 21.3 Å². The van der Waals surface area contributed by atoms with Crippen molar-refractivity contribution in [2.75, 3.05) is 33.0 Å².